The highest BCUT2D eigenvalue weighted by molar-refractivity contribution is 5.28. The van der Waals surface area contributed by atoms with Crippen molar-refractivity contribution in [3.05, 3.63) is 47.6 Å². The zero-order valence-corrected chi connectivity index (χ0v) is 26.2. The summed E-state index contributed by atoms with van der Waals surface area (Å²) in [6.07, 6.45) is 8.92. The molecule has 0 fully saturated rings. The standard InChI is InChI=1S/C9H15NO.C5H8O.2C5H12.C4H6N2.C2H6/c1-6-8(9(3,4)5)7(2)11-10-6;1-2-4-6-5-3-1;2*1-5(2,3)4;1-6-4-2-3-5-6;1-2/h1-5H3;1-2H,3-5H2;2*1-4H3;2-4H,1H3;1-2H3. The quantitative estimate of drug-likeness (QED) is 0.343. The first-order valence-corrected chi connectivity index (χ1v) is 12.9. The van der Waals surface area contributed by atoms with Crippen molar-refractivity contribution < 1.29 is 9.26 Å². The van der Waals surface area contributed by atoms with Crippen LogP contribution in [0.3, 0.4) is 0 Å². The fourth-order valence-electron chi connectivity index (χ4n) is 2.39. The summed E-state index contributed by atoms with van der Waals surface area (Å²) in [5.41, 5.74) is 3.39. The topological polar surface area (TPSA) is 53.1 Å². The Morgan fingerprint density at radius 2 is 1.31 bits per heavy atom. The Morgan fingerprint density at radius 3 is 1.43 bits per heavy atom. The molecule has 0 aliphatic carbocycles. The number of hydrogen-bond donors (Lipinski definition) is 0. The molecule has 0 saturated carbocycles. The summed E-state index contributed by atoms with van der Waals surface area (Å²) in [6, 6.07) is 1.89. The molecule has 35 heavy (non-hydrogen) atoms. The second-order valence-electron chi connectivity index (χ2n) is 12.5. The fourth-order valence-corrected chi connectivity index (χ4v) is 2.39. The van der Waals surface area contributed by atoms with Gasteiger partial charge in [-0.1, -0.05) is 107 Å². The van der Waals surface area contributed by atoms with Crippen LogP contribution in [-0.4, -0.2) is 28.2 Å². The molecular formula is C30H59N3O2. The van der Waals surface area contributed by atoms with Crippen LogP contribution in [0.5, 0.6) is 0 Å². The van der Waals surface area contributed by atoms with Gasteiger partial charge < -0.3 is 9.26 Å². The summed E-state index contributed by atoms with van der Waals surface area (Å²) >= 11 is 0. The Morgan fingerprint density at radius 1 is 0.829 bits per heavy atom. The molecule has 3 heterocycles. The molecule has 0 atom stereocenters. The molecule has 0 spiro atoms. The van der Waals surface area contributed by atoms with Crippen molar-refractivity contribution in [2.24, 2.45) is 17.9 Å². The first-order chi connectivity index (χ1) is 15.8. The summed E-state index contributed by atoms with van der Waals surface area (Å²) in [5, 5.41) is 7.74. The van der Waals surface area contributed by atoms with Crippen molar-refractivity contribution in [3.63, 3.8) is 0 Å². The molecule has 1 aliphatic rings. The lowest BCUT2D eigenvalue weighted by Gasteiger charge is -2.17. The van der Waals surface area contributed by atoms with E-state index in [1.807, 2.05) is 53.1 Å². The molecule has 0 N–H and O–H groups in total. The summed E-state index contributed by atoms with van der Waals surface area (Å²) in [4.78, 5) is 0. The zero-order chi connectivity index (χ0) is 28.3. The van der Waals surface area contributed by atoms with Crippen molar-refractivity contribution >= 4 is 0 Å². The third-order valence-electron chi connectivity index (χ3n) is 3.23. The molecule has 206 valence electrons. The Balaban J connectivity index is -0.000000374. The lowest BCUT2D eigenvalue weighted by molar-refractivity contribution is 0.158. The van der Waals surface area contributed by atoms with Crippen LogP contribution in [0.2, 0.25) is 0 Å². The Kier molecular flexibility index (Phi) is 20.8. The van der Waals surface area contributed by atoms with Crippen LogP contribution in [0.4, 0.5) is 0 Å². The number of nitrogens with zero attached hydrogens (tertiary/aromatic N) is 3. The largest absolute Gasteiger partial charge is 0.377 e. The minimum atomic E-state index is 0.147. The highest BCUT2D eigenvalue weighted by atomic mass is 16.5. The minimum absolute atomic E-state index is 0.147. The Bertz CT molecular complexity index is 687. The molecule has 5 heteroatoms. The maximum absolute atomic E-state index is 5.07. The third-order valence-corrected chi connectivity index (χ3v) is 3.23. The smallest absolute Gasteiger partial charge is 0.137 e. The van der Waals surface area contributed by atoms with E-state index in [0.29, 0.717) is 10.8 Å². The maximum atomic E-state index is 5.07. The van der Waals surface area contributed by atoms with E-state index in [-0.39, 0.29) is 5.41 Å². The summed E-state index contributed by atoms with van der Waals surface area (Å²) in [7, 11) is 1.89. The number of aromatic nitrogens is 3. The van der Waals surface area contributed by atoms with Crippen LogP contribution >= 0.6 is 0 Å². The molecule has 0 bridgehead atoms. The van der Waals surface area contributed by atoms with Crippen LogP contribution in [0.1, 0.15) is 113 Å². The van der Waals surface area contributed by atoms with Crippen molar-refractivity contribution in [2.45, 2.75) is 116 Å². The molecule has 5 nitrogen and oxygen atoms in total. The van der Waals surface area contributed by atoms with Gasteiger partial charge in [-0.2, -0.15) is 5.10 Å². The third kappa shape index (κ3) is 32.1. The second-order valence-corrected chi connectivity index (χ2v) is 12.5. The molecular weight excluding hydrogens is 434 g/mol. The molecule has 1 aliphatic heterocycles. The summed E-state index contributed by atoms with van der Waals surface area (Å²) in [5.74, 6) is 0.940. The first-order valence-electron chi connectivity index (χ1n) is 12.9. The number of ether oxygens (including phenoxy) is 1. The van der Waals surface area contributed by atoms with Crippen molar-refractivity contribution in [1.82, 2.24) is 14.9 Å². The molecule has 0 radical (unpaired) electrons. The van der Waals surface area contributed by atoms with Crippen LogP contribution in [-0.2, 0) is 17.2 Å². The predicted molar refractivity (Wildman–Crippen MR) is 154 cm³/mol. The second kappa shape index (κ2) is 19.3. The predicted octanol–water partition coefficient (Wildman–Crippen LogP) is 9.10. The lowest BCUT2D eigenvalue weighted by Crippen LogP contribution is -2.12. The summed E-state index contributed by atoms with van der Waals surface area (Å²) in [6.45, 7) is 33.7. The number of rotatable bonds is 0. The van der Waals surface area contributed by atoms with Gasteiger partial charge in [-0.15, -0.1) is 0 Å². The van der Waals surface area contributed by atoms with E-state index in [0.717, 1.165) is 31.1 Å². The minimum Gasteiger partial charge on any atom is -0.377 e. The van der Waals surface area contributed by atoms with E-state index in [1.54, 1.807) is 10.9 Å². The average molecular weight is 494 g/mol. The number of aryl methyl sites for hydroxylation is 3. The van der Waals surface area contributed by atoms with E-state index >= 15 is 0 Å². The number of hydrogen-bond acceptors (Lipinski definition) is 4. The molecule has 0 amide bonds. The highest BCUT2D eigenvalue weighted by Gasteiger charge is 2.22. The lowest BCUT2D eigenvalue weighted by atomic mass is 9.86. The first kappa shape index (κ1) is 37.7. The van der Waals surface area contributed by atoms with Gasteiger partial charge in [0.15, 0.2) is 0 Å². The van der Waals surface area contributed by atoms with Crippen molar-refractivity contribution in [1.29, 1.82) is 0 Å². The van der Waals surface area contributed by atoms with E-state index in [4.69, 9.17) is 9.26 Å². The van der Waals surface area contributed by atoms with Gasteiger partial charge in [0.25, 0.3) is 0 Å². The van der Waals surface area contributed by atoms with Gasteiger partial charge in [0, 0.05) is 25.0 Å². The van der Waals surface area contributed by atoms with Crippen LogP contribution < -0.4 is 0 Å². The van der Waals surface area contributed by atoms with Crippen LogP contribution in [0.15, 0.2) is 35.1 Å². The van der Waals surface area contributed by atoms with Crippen molar-refractivity contribution in [3.8, 4) is 0 Å². The van der Waals surface area contributed by atoms with Crippen LogP contribution in [0.25, 0.3) is 0 Å². The SMILES string of the molecule is C1=CCOCC1.CC.CC(C)(C)C.CC(C)(C)C.Cc1noc(C)c1C(C)(C)C.Cn1cccn1. The summed E-state index contributed by atoms with van der Waals surface area (Å²) < 4.78 is 11.8. The van der Waals surface area contributed by atoms with Crippen molar-refractivity contribution in [2.75, 3.05) is 13.2 Å². The molecule has 0 aromatic carbocycles. The van der Waals surface area contributed by atoms with Gasteiger partial charge in [0.05, 0.1) is 18.9 Å². The normalized spacial score (nSPS) is 12.6. The molecule has 0 unspecified atom stereocenters. The highest BCUT2D eigenvalue weighted by Crippen LogP contribution is 2.27. The van der Waals surface area contributed by atoms with E-state index < -0.39 is 0 Å². The average Bonchev–Trinajstić information content (AvgIpc) is 3.31. The monoisotopic (exact) mass is 493 g/mol. The van der Waals surface area contributed by atoms with Gasteiger partial charge in [-0.25, -0.2) is 0 Å². The van der Waals surface area contributed by atoms with E-state index in [2.05, 4.69) is 92.5 Å². The van der Waals surface area contributed by atoms with Gasteiger partial charge in [-0.05, 0) is 42.6 Å². The van der Waals surface area contributed by atoms with Gasteiger partial charge in [0.1, 0.15) is 5.76 Å². The van der Waals surface area contributed by atoms with Gasteiger partial charge in [-0.3, -0.25) is 4.68 Å². The van der Waals surface area contributed by atoms with Gasteiger partial charge in [0.2, 0.25) is 0 Å². The maximum Gasteiger partial charge on any atom is 0.137 e. The zero-order valence-electron chi connectivity index (χ0n) is 26.2. The Hall–Kier alpha value is -1.88. The van der Waals surface area contributed by atoms with Gasteiger partial charge >= 0.3 is 0 Å². The fraction of sp³-hybridized carbons (Fsp3) is 0.733. The molecule has 0 saturated heterocycles. The molecule has 2 aromatic heterocycles. The van der Waals surface area contributed by atoms with E-state index in [9.17, 15) is 0 Å². The van der Waals surface area contributed by atoms with Crippen LogP contribution in [0, 0.1) is 24.7 Å². The Labute approximate surface area is 218 Å². The molecule has 2 aromatic rings. The van der Waals surface area contributed by atoms with E-state index in [1.165, 1.54) is 5.56 Å². The molecule has 3 rings (SSSR count).